The zero-order chi connectivity index (χ0) is 13.8. The van der Waals surface area contributed by atoms with Gasteiger partial charge in [0, 0.05) is 12.1 Å². The number of aryl methyl sites for hydroxylation is 1. The summed E-state index contributed by atoms with van der Waals surface area (Å²) in [7, 11) is 0. The van der Waals surface area contributed by atoms with E-state index in [1.54, 1.807) is 13.0 Å². The number of aromatic nitrogens is 1. The molecule has 0 amide bonds. The molecule has 1 N–H and O–H groups in total. The van der Waals surface area contributed by atoms with E-state index in [9.17, 15) is 10.1 Å². The zero-order valence-electron chi connectivity index (χ0n) is 11.6. The first kappa shape index (κ1) is 13.8. The lowest BCUT2D eigenvalue weighted by Gasteiger charge is -2.23. The summed E-state index contributed by atoms with van der Waals surface area (Å²) in [4.78, 5) is 14.7. The monoisotopic (exact) mass is 263 g/mol. The molecule has 0 aromatic carbocycles. The number of rotatable bonds is 3. The van der Waals surface area contributed by atoms with Crippen LogP contribution in [0.3, 0.4) is 0 Å². The highest BCUT2D eigenvalue weighted by Crippen LogP contribution is 2.26. The highest BCUT2D eigenvalue weighted by molar-refractivity contribution is 5.45. The van der Waals surface area contributed by atoms with Crippen molar-refractivity contribution in [2.24, 2.45) is 5.92 Å². The van der Waals surface area contributed by atoms with Gasteiger partial charge in [-0.15, -0.1) is 0 Å². The molecule has 1 aromatic heterocycles. The molecule has 0 saturated heterocycles. The Kier molecular flexibility index (Phi) is 4.35. The molecular formula is C14H21N3O2. The van der Waals surface area contributed by atoms with E-state index in [1.165, 1.54) is 31.7 Å². The van der Waals surface area contributed by atoms with E-state index < -0.39 is 0 Å². The molecule has 19 heavy (non-hydrogen) atoms. The van der Waals surface area contributed by atoms with Crippen LogP contribution in [0.15, 0.2) is 12.1 Å². The van der Waals surface area contributed by atoms with Crippen molar-refractivity contribution in [3.8, 4) is 0 Å². The van der Waals surface area contributed by atoms with E-state index in [0.29, 0.717) is 17.7 Å². The van der Waals surface area contributed by atoms with Crippen molar-refractivity contribution in [1.82, 2.24) is 4.98 Å². The molecule has 1 aliphatic rings. The van der Waals surface area contributed by atoms with Gasteiger partial charge in [0.2, 0.25) is 0 Å². The van der Waals surface area contributed by atoms with Crippen LogP contribution in [0.1, 0.15) is 44.7 Å². The van der Waals surface area contributed by atoms with Crippen LogP contribution in [0.2, 0.25) is 0 Å². The van der Waals surface area contributed by atoms with Gasteiger partial charge in [-0.1, -0.05) is 26.2 Å². The predicted octanol–water partition coefficient (Wildman–Crippen LogP) is 3.68. The number of nitrogens with zero attached hydrogens (tertiary/aromatic N) is 2. The lowest BCUT2D eigenvalue weighted by Crippen LogP contribution is -2.26. The van der Waals surface area contributed by atoms with Crippen LogP contribution < -0.4 is 5.32 Å². The topological polar surface area (TPSA) is 68.1 Å². The minimum Gasteiger partial charge on any atom is -0.367 e. The maximum Gasteiger partial charge on any atom is 0.290 e. The Hall–Kier alpha value is -1.65. The third kappa shape index (κ3) is 3.43. The Bertz CT molecular complexity index is 462. The molecule has 0 spiro atoms. The van der Waals surface area contributed by atoms with Gasteiger partial charge < -0.3 is 5.32 Å². The van der Waals surface area contributed by atoms with Crippen molar-refractivity contribution in [2.75, 3.05) is 5.32 Å². The van der Waals surface area contributed by atoms with Crippen molar-refractivity contribution in [2.45, 2.75) is 52.0 Å². The molecule has 1 aliphatic carbocycles. The maximum absolute atomic E-state index is 10.8. The van der Waals surface area contributed by atoms with E-state index in [2.05, 4.69) is 17.2 Å². The smallest absolute Gasteiger partial charge is 0.290 e. The number of hydrogen-bond donors (Lipinski definition) is 1. The Labute approximate surface area is 113 Å². The fraction of sp³-hybridized carbons (Fsp3) is 0.643. The van der Waals surface area contributed by atoms with Crippen LogP contribution in [0.4, 0.5) is 11.5 Å². The summed E-state index contributed by atoms with van der Waals surface area (Å²) in [5.74, 6) is 1.38. The Balaban J connectivity index is 2.10. The van der Waals surface area contributed by atoms with Gasteiger partial charge in [0.05, 0.1) is 4.92 Å². The molecular weight excluding hydrogens is 242 g/mol. The lowest BCUT2D eigenvalue weighted by atomic mass is 9.97. The summed E-state index contributed by atoms with van der Waals surface area (Å²) in [6, 6.07) is 3.67. The van der Waals surface area contributed by atoms with Crippen molar-refractivity contribution in [3.63, 3.8) is 0 Å². The number of nitrogens with one attached hydrogen (secondary N) is 1. The third-order valence-corrected chi connectivity index (χ3v) is 3.95. The molecule has 104 valence electrons. The second-order valence-electron chi connectivity index (χ2n) is 5.42. The Morgan fingerprint density at radius 1 is 1.32 bits per heavy atom. The second kappa shape index (κ2) is 5.99. The molecule has 1 heterocycles. The first-order valence-corrected chi connectivity index (χ1v) is 6.96. The van der Waals surface area contributed by atoms with E-state index in [1.807, 2.05) is 0 Å². The summed E-state index contributed by atoms with van der Waals surface area (Å²) in [6.45, 7) is 3.95. The predicted molar refractivity (Wildman–Crippen MR) is 75.3 cm³/mol. The minimum absolute atomic E-state index is 0.0828. The van der Waals surface area contributed by atoms with Crippen molar-refractivity contribution in [1.29, 1.82) is 0 Å². The molecule has 5 nitrogen and oxygen atoms in total. The van der Waals surface area contributed by atoms with Crippen molar-refractivity contribution >= 4 is 11.5 Å². The zero-order valence-corrected chi connectivity index (χ0v) is 11.6. The molecule has 1 aromatic rings. The molecule has 5 heteroatoms. The standard InChI is InChI=1S/C14H21N3O2/c1-10-6-4-3-5-7-12(10)16-14-9-8-13(17(18)19)11(2)15-14/h8-10,12H,3-7H2,1-2H3,(H,15,16). The quantitative estimate of drug-likeness (QED) is 0.513. The number of pyridine rings is 1. The highest BCUT2D eigenvalue weighted by atomic mass is 16.6. The van der Waals surface area contributed by atoms with E-state index in [-0.39, 0.29) is 10.6 Å². The van der Waals surface area contributed by atoms with Gasteiger partial charge in [0.15, 0.2) is 0 Å². The summed E-state index contributed by atoms with van der Waals surface area (Å²) in [6.07, 6.45) is 6.23. The Morgan fingerprint density at radius 2 is 2.05 bits per heavy atom. The van der Waals surface area contributed by atoms with Crippen LogP contribution in [-0.4, -0.2) is 15.9 Å². The average molecular weight is 263 g/mol. The molecule has 1 fully saturated rings. The molecule has 2 atom stereocenters. The lowest BCUT2D eigenvalue weighted by molar-refractivity contribution is -0.385. The fourth-order valence-corrected chi connectivity index (χ4v) is 2.72. The number of nitro groups is 1. The van der Waals surface area contributed by atoms with Crippen LogP contribution in [-0.2, 0) is 0 Å². The van der Waals surface area contributed by atoms with Gasteiger partial charge in [0.25, 0.3) is 5.69 Å². The van der Waals surface area contributed by atoms with Gasteiger partial charge in [-0.3, -0.25) is 10.1 Å². The Morgan fingerprint density at radius 3 is 2.74 bits per heavy atom. The minimum atomic E-state index is -0.389. The largest absolute Gasteiger partial charge is 0.367 e. The first-order chi connectivity index (χ1) is 9.08. The van der Waals surface area contributed by atoms with Gasteiger partial charge >= 0.3 is 0 Å². The number of anilines is 1. The number of hydrogen-bond acceptors (Lipinski definition) is 4. The van der Waals surface area contributed by atoms with Gasteiger partial charge in [0.1, 0.15) is 11.5 Å². The summed E-state index contributed by atoms with van der Waals surface area (Å²) in [5, 5.41) is 14.2. The van der Waals surface area contributed by atoms with Crippen LogP contribution >= 0.6 is 0 Å². The fourth-order valence-electron chi connectivity index (χ4n) is 2.72. The van der Waals surface area contributed by atoms with E-state index in [4.69, 9.17) is 0 Å². The molecule has 0 bridgehead atoms. The van der Waals surface area contributed by atoms with Gasteiger partial charge in [-0.05, 0) is 31.7 Å². The molecule has 1 saturated carbocycles. The average Bonchev–Trinajstić information content (AvgIpc) is 2.55. The maximum atomic E-state index is 10.8. The van der Waals surface area contributed by atoms with Crippen LogP contribution in [0.5, 0.6) is 0 Å². The molecule has 2 unspecified atom stereocenters. The summed E-state index contributed by atoms with van der Waals surface area (Å²) < 4.78 is 0. The van der Waals surface area contributed by atoms with E-state index >= 15 is 0 Å². The first-order valence-electron chi connectivity index (χ1n) is 6.96. The van der Waals surface area contributed by atoms with Crippen molar-refractivity contribution < 1.29 is 4.92 Å². The molecule has 0 aliphatic heterocycles. The van der Waals surface area contributed by atoms with Gasteiger partial charge in [-0.2, -0.15) is 0 Å². The van der Waals surface area contributed by atoms with E-state index in [0.717, 1.165) is 12.2 Å². The molecule has 2 rings (SSSR count). The molecule has 0 radical (unpaired) electrons. The summed E-state index contributed by atoms with van der Waals surface area (Å²) >= 11 is 0. The van der Waals surface area contributed by atoms with Gasteiger partial charge in [-0.25, -0.2) is 4.98 Å². The van der Waals surface area contributed by atoms with Crippen molar-refractivity contribution in [3.05, 3.63) is 27.9 Å². The normalized spacial score (nSPS) is 23.7. The third-order valence-electron chi connectivity index (χ3n) is 3.95. The summed E-state index contributed by atoms with van der Waals surface area (Å²) in [5.41, 5.74) is 0.552. The van der Waals surface area contributed by atoms with Crippen LogP contribution in [0, 0.1) is 23.0 Å². The SMILES string of the molecule is Cc1nc(NC2CCCCCC2C)ccc1[N+](=O)[O-]. The second-order valence-corrected chi connectivity index (χ2v) is 5.42. The highest BCUT2D eigenvalue weighted by Gasteiger charge is 2.20. The van der Waals surface area contributed by atoms with Crippen LogP contribution in [0.25, 0.3) is 0 Å².